The Hall–Kier alpha value is -3.62. The molecule has 0 aliphatic carbocycles. The quantitative estimate of drug-likeness (QED) is 0.469. The molecule has 1 aliphatic rings. The second kappa shape index (κ2) is 9.56. The lowest BCUT2D eigenvalue weighted by Gasteiger charge is -2.39. The van der Waals surface area contributed by atoms with Crippen molar-refractivity contribution in [3.05, 3.63) is 95.1 Å². The summed E-state index contributed by atoms with van der Waals surface area (Å²) >= 11 is 0. The van der Waals surface area contributed by atoms with E-state index in [1.54, 1.807) is 30.9 Å². The van der Waals surface area contributed by atoms with E-state index >= 15 is 0 Å². The van der Waals surface area contributed by atoms with Gasteiger partial charge in [0.15, 0.2) is 0 Å². The number of nitrogens with zero attached hydrogens (tertiary/aromatic N) is 3. The number of amides is 2. The van der Waals surface area contributed by atoms with Gasteiger partial charge in [0.1, 0.15) is 12.4 Å². The molecule has 1 unspecified atom stereocenters. The average molecular weight is 487 g/mol. The Morgan fingerprint density at radius 2 is 1.74 bits per heavy atom. The van der Waals surface area contributed by atoms with Crippen LogP contribution in [0.3, 0.4) is 0 Å². The predicted molar refractivity (Wildman–Crippen MR) is 122 cm³/mol. The number of rotatable bonds is 5. The number of alkyl halides is 3. The van der Waals surface area contributed by atoms with Crippen molar-refractivity contribution in [2.45, 2.75) is 38.7 Å². The lowest BCUT2D eigenvalue weighted by atomic mass is 9.99. The Bertz CT molecular complexity index is 1220. The van der Waals surface area contributed by atoms with E-state index in [0.29, 0.717) is 18.7 Å². The monoisotopic (exact) mass is 487 g/mol. The minimum Gasteiger partial charge on any atom is -0.348 e. The molecule has 0 N–H and O–H groups in total. The molecule has 0 bridgehead atoms. The molecule has 2 heterocycles. The van der Waals surface area contributed by atoms with E-state index in [1.165, 1.54) is 17.0 Å². The Morgan fingerprint density at radius 1 is 1.03 bits per heavy atom. The summed E-state index contributed by atoms with van der Waals surface area (Å²) in [6.07, 6.45) is -2.61. The number of hydrogen-bond donors (Lipinski definition) is 0. The fourth-order valence-corrected chi connectivity index (χ4v) is 4.37. The molecule has 4 rings (SSSR count). The molecule has 2 aromatic carbocycles. The molecule has 9 heteroatoms. The maximum absolute atomic E-state index is 14.0. The smallest absolute Gasteiger partial charge is 0.348 e. The van der Waals surface area contributed by atoms with E-state index in [0.717, 1.165) is 30.0 Å². The summed E-state index contributed by atoms with van der Waals surface area (Å²) in [6.45, 7) is 4.13. The number of benzene rings is 2. The number of hydrogen-bond acceptors (Lipinski definition) is 2. The van der Waals surface area contributed by atoms with Crippen LogP contribution in [0.15, 0.2) is 66.9 Å². The minimum atomic E-state index is -4.51. The molecule has 1 aromatic heterocycles. The molecule has 2 amide bonds. The van der Waals surface area contributed by atoms with Gasteiger partial charge in [0.2, 0.25) is 5.91 Å². The summed E-state index contributed by atoms with van der Waals surface area (Å²) in [5, 5.41) is 0. The van der Waals surface area contributed by atoms with Gasteiger partial charge in [-0.1, -0.05) is 12.1 Å². The normalized spacial score (nSPS) is 15.7. The lowest BCUT2D eigenvalue weighted by molar-refractivity contribution is -0.137. The van der Waals surface area contributed by atoms with Crippen LogP contribution in [0.4, 0.5) is 17.6 Å². The third-order valence-corrected chi connectivity index (χ3v) is 6.17. The van der Waals surface area contributed by atoms with Crippen molar-refractivity contribution in [1.82, 2.24) is 14.4 Å². The summed E-state index contributed by atoms with van der Waals surface area (Å²) < 4.78 is 54.7. The van der Waals surface area contributed by atoms with Gasteiger partial charge in [-0.2, -0.15) is 13.2 Å². The van der Waals surface area contributed by atoms with Crippen LogP contribution >= 0.6 is 0 Å². The fourth-order valence-electron chi connectivity index (χ4n) is 4.37. The maximum atomic E-state index is 14.0. The maximum Gasteiger partial charge on any atom is 0.416 e. The molecule has 184 valence electrons. The first kappa shape index (κ1) is 24.5. The third kappa shape index (κ3) is 5.08. The van der Waals surface area contributed by atoms with Gasteiger partial charge >= 0.3 is 6.18 Å². The fraction of sp³-hybridized carbons (Fsp3) is 0.308. The Labute approximate surface area is 200 Å². The SMILES string of the molecule is CC(C)N(CC(=O)N1CCn2cccc2C1c1cccc(F)c1)C(=O)c1ccc(C(F)(F)F)cc1. The molecule has 0 saturated heterocycles. The molecule has 35 heavy (non-hydrogen) atoms. The van der Waals surface area contributed by atoms with E-state index in [-0.39, 0.29) is 24.1 Å². The lowest BCUT2D eigenvalue weighted by Crippen LogP contribution is -2.49. The van der Waals surface area contributed by atoms with Gasteiger partial charge in [0.25, 0.3) is 5.91 Å². The highest BCUT2D eigenvalue weighted by atomic mass is 19.4. The molecule has 1 atom stereocenters. The predicted octanol–water partition coefficient (Wildman–Crippen LogP) is 5.13. The van der Waals surface area contributed by atoms with Crippen LogP contribution < -0.4 is 0 Å². The molecule has 1 aliphatic heterocycles. The highest BCUT2D eigenvalue weighted by Crippen LogP contribution is 2.33. The van der Waals surface area contributed by atoms with Crippen molar-refractivity contribution in [2.75, 3.05) is 13.1 Å². The first-order chi connectivity index (χ1) is 16.6. The van der Waals surface area contributed by atoms with Crippen molar-refractivity contribution in [3.63, 3.8) is 0 Å². The second-order valence-electron chi connectivity index (χ2n) is 8.77. The van der Waals surface area contributed by atoms with Crippen LogP contribution in [0.25, 0.3) is 0 Å². The number of carbonyl (C=O) groups excluding carboxylic acids is 2. The van der Waals surface area contributed by atoms with Crippen LogP contribution in [-0.4, -0.2) is 45.3 Å². The molecule has 5 nitrogen and oxygen atoms in total. The summed E-state index contributed by atoms with van der Waals surface area (Å²) in [7, 11) is 0. The van der Waals surface area contributed by atoms with E-state index in [9.17, 15) is 27.2 Å². The number of carbonyl (C=O) groups is 2. The average Bonchev–Trinajstić information content (AvgIpc) is 3.29. The standard InChI is InChI=1S/C26H25F4N3O2/c1-17(2)33(25(35)18-8-10-20(11-9-18)26(28,29)30)16-23(34)32-14-13-31-12-4-7-22(31)24(32)19-5-3-6-21(27)15-19/h3-12,15,17,24H,13-14,16H2,1-2H3. The number of aromatic nitrogens is 1. The highest BCUT2D eigenvalue weighted by molar-refractivity contribution is 5.96. The molecule has 0 radical (unpaired) electrons. The van der Waals surface area contributed by atoms with Crippen molar-refractivity contribution in [3.8, 4) is 0 Å². The summed E-state index contributed by atoms with van der Waals surface area (Å²) in [5.74, 6) is -1.29. The number of fused-ring (bicyclic) bond motifs is 1. The van der Waals surface area contributed by atoms with Crippen LogP contribution in [0.5, 0.6) is 0 Å². The zero-order valence-corrected chi connectivity index (χ0v) is 19.3. The molecule has 0 spiro atoms. The molecular formula is C26H25F4N3O2. The Kier molecular flexibility index (Phi) is 6.69. The first-order valence-corrected chi connectivity index (χ1v) is 11.2. The second-order valence-corrected chi connectivity index (χ2v) is 8.77. The Balaban J connectivity index is 1.60. The molecule has 0 saturated carbocycles. The van der Waals surface area contributed by atoms with Gasteiger partial charge in [0, 0.05) is 36.6 Å². The summed E-state index contributed by atoms with van der Waals surface area (Å²) in [5.41, 5.74) is 0.660. The molecule has 0 fully saturated rings. The van der Waals surface area contributed by atoms with Gasteiger partial charge < -0.3 is 14.4 Å². The van der Waals surface area contributed by atoms with Crippen LogP contribution in [0.2, 0.25) is 0 Å². The zero-order chi connectivity index (χ0) is 25.3. The summed E-state index contributed by atoms with van der Waals surface area (Å²) in [6, 6.07) is 12.8. The topological polar surface area (TPSA) is 45.6 Å². The van der Waals surface area contributed by atoms with Gasteiger partial charge in [0.05, 0.1) is 11.6 Å². The van der Waals surface area contributed by atoms with E-state index in [1.807, 2.05) is 22.9 Å². The van der Waals surface area contributed by atoms with Gasteiger partial charge in [-0.05, 0) is 67.9 Å². The van der Waals surface area contributed by atoms with Crippen LogP contribution in [0, 0.1) is 5.82 Å². The van der Waals surface area contributed by atoms with E-state index in [4.69, 9.17) is 0 Å². The molecular weight excluding hydrogens is 462 g/mol. The first-order valence-electron chi connectivity index (χ1n) is 11.2. The van der Waals surface area contributed by atoms with Crippen molar-refractivity contribution >= 4 is 11.8 Å². The van der Waals surface area contributed by atoms with Gasteiger partial charge in [-0.3, -0.25) is 9.59 Å². The molecule has 3 aromatic rings. The van der Waals surface area contributed by atoms with E-state index < -0.39 is 29.5 Å². The van der Waals surface area contributed by atoms with Gasteiger partial charge in [-0.25, -0.2) is 4.39 Å². The largest absolute Gasteiger partial charge is 0.416 e. The van der Waals surface area contributed by atoms with Crippen LogP contribution in [-0.2, 0) is 17.5 Å². The van der Waals surface area contributed by atoms with Crippen molar-refractivity contribution in [1.29, 1.82) is 0 Å². The van der Waals surface area contributed by atoms with Crippen LogP contribution in [0.1, 0.15) is 47.1 Å². The van der Waals surface area contributed by atoms with Crippen molar-refractivity contribution < 1.29 is 27.2 Å². The van der Waals surface area contributed by atoms with E-state index in [2.05, 4.69) is 0 Å². The highest BCUT2D eigenvalue weighted by Gasteiger charge is 2.35. The number of halogens is 4. The Morgan fingerprint density at radius 3 is 2.37 bits per heavy atom. The minimum absolute atomic E-state index is 0.0636. The van der Waals surface area contributed by atoms with Crippen molar-refractivity contribution in [2.24, 2.45) is 0 Å². The van der Waals surface area contributed by atoms with Gasteiger partial charge in [-0.15, -0.1) is 0 Å². The summed E-state index contributed by atoms with van der Waals surface area (Å²) in [4.78, 5) is 29.6. The zero-order valence-electron chi connectivity index (χ0n) is 19.3. The third-order valence-electron chi connectivity index (χ3n) is 6.17.